The van der Waals surface area contributed by atoms with Crippen molar-refractivity contribution in [1.82, 2.24) is 0 Å². The number of imide groups is 1. The normalized spacial score (nSPS) is 23.9. The molecule has 6 nitrogen and oxygen atoms in total. The topological polar surface area (TPSA) is 80.8 Å². The van der Waals surface area contributed by atoms with E-state index in [2.05, 4.69) is 6.92 Å². The number of nitrogens with zero attached hydrogens (tertiary/aromatic N) is 1. The van der Waals surface area contributed by atoms with Gasteiger partial charge >= 0.3 is 5.97 Å². The van der Waals surface area contributed by atoms with E-state index in [1.165, 1.54) is 17.9 Å². The fourth-order valence-electron chi connectivity index (χ4n) is 4.54. The summed E-state index contributed by atoms with van der Waals surface area (Å²) >= 11 is 0. The van der Waals surface area contributed by atoms with Gasteiger partial charge in [0.05, 0.1) is 23.1 Å². The van der Waals surface area contributed by atoms with E-state index in [0.29, 0.717) is 30.0 Å². The van der Waals surface area contributed by atoms with Crippen molar-refractivity contribution in [3.63, 3.8) is 0 Å². The minimum Gasteiger partial charge on any atom is -0.451 e. The largest absolute Gasteiger partial charge is 0.451 e. The van der Waals surface area contributed by atoms with Crippen LogP contribution in [0.5, 0.6) is 0 Å². The van der Waals surface area contributed by atoms with Gasteiger partial charge in [-0.2, -0.15) is 0 Å². The van der Waals surface area contributed by atoms with E-state index in [1.54, 1.807) is 48.5 Å². The number of hydrogen-bond donors (Lipinski definition) is 0. The van der Waals surface area contributed by atoms with Gasteiger partial charge in [-0.3, -0.25) is 19.3 Å². The zero-order valence-electron chi connectivity index (χ0n) is 17.6. The van der Waals surface area contributed by atoms with Gasteiger partial charge in [0.25, 0.3) is 0 Å². The standard InChI is InChI=1S/C25H25NO5/c1-15-11-12-20-21(13-15)24(29)26(23(20)28)19-10-6-9-18(14-19)25(30)31-16(2)22(27)17-7-4-3-5-8-17/h3-10,14-16,20-21H,11-13H2,1-2H3/t15-,16+,20-,21-/m1/s1. The van der Waals surface area contributed by atoms with Crippen molar-refractivity contribution in [3.8, 4) is 0 Å². The van der Waals surface area contributed by atoms with Crippen LogP contribution >= 0.6 is 0 Å². The van der Waals surface area contributed by atoms with E-state index in [4.69, 9.17) is 4.74 Å². The summed E-state index contributed by atoms with van der Waals surface area (Å²) in [4.78, 5) is 52.2. The highest BCUT2D eigenvalue weighted by Gasteiger charge is 2.50. The Morgan fingerprint density at radius 1 is 0.935 bits per heavy atom. The van der Waals surface area contributed by atoms with Gasteiger partial charge in [-0.1, -0.05) is 43.3 Å². The SMILES string of the molecule is C[C@@H]1CC[C@H]2C(=O)N(c3cccc(C(=O)O[C@@H](C)C(=O)c4ccccc4)c3)C(=O)[C@@H]2C1. The molecule has 0 N–H and O–H groups in total. The first-order chi connectivity index (χ1) is 14.9. The molecule has 1 saturated carbocycles. The van der Waals surface area contributed by atoms with Crippen molar-refractivity contribution in [2.24, 2.45) is 17.8 Å². The molecular formula is C25H25NO5. The van der Waals surface area contributed by atoms with Gasteiger partial charge in [-0.25, -0.2) is 4.79 Å². The number of rotatable bonds is 5. The van der Waals surface area contributed by atoms with Crippen LogP contribution in [0, 0.1) is 17.8 Å². The molecule has 0 aromatic heterocycles. The van der Waals surface area contributed by atoms with Crippen LogP contribution in [-0.4, -0.2) is 29.7 Å². The number of carbonyl (C=O) groups is 4. The van der Waals surface area contributed by atoms with Crippen LogP contribution in [-0.2, 0) is 14.3 Å². The van der Waals surface area contributed by atoms with Crippen LogP contribution in [0.4, 0.5) is 5.69 Å². The van der Waals surface area contributed by atoms with Crippen LogP contribution in [0.15, 0.2) is 54.6 Å². The molecule has 1 aliphatic carbocycles. The zero-order chi connectivity index (χ0) is 22.1. The second kappa shape index (κ2) is 8.46. The Labute approximate surface area is 181 Å². The summed E-state index contributed by atoms with van der Waals surface area (Å²) < 4.78 is 5.36. The maximum Gasteiger partial charge on any atom is 0.338 e. The predicted octanol–water partition coefficient (Wildman–Crippen LogP) is 4.04. The Bertz CT molecular complexity index is 1030. The van der Waals surface area contributed by atoms with E-state index in [0.717, 1.165) is 6.42 Å². The fraction of sp³-hybridized carbons (Fsp3) is 0.360. The number of hydrogen-bond acceptors (Lipinski definition) is 5. The number of esters is 1. The third-order valence-electron chi connectivity index (χ3n) is 6.24. The van der Waals surface area contributed by atoms with Crippen molar-refractivity contribution >= 4 is 29.3 Å². The lowest BCUT2D eigenvalue weighted by Gasteiger charge is -2.25. The summed E-state index contributed by atoms with van der Waals surface area (Å²) in [6, 6.07) is 14.9. The maximum atomic E-state index is 12.9. The molecule has 0 spiro atoms. The molecule has 0 bridgehead atoms. The first-order valence-electron chi connectivity index (χ1n) is 10.6. The molecule has 2 amide bonds. The maximum absolute atomic E-state index is 12.9. The van der Waals surface area contributed by atoms with E-state index >= 15 is 0 Å². The van der Waals surface area contributed by atoms with Crippen molar-refractivity contribution in [2.75, 3.05) is 4.90 Å². The monoisotopic (exact) mass is 419 g/mol. The van der Waals surface area contributed by atoms with Crippen molar-refractivity contribution in [1.29, 1.82) is 0 Å². The second-order valence-corrected chi connectivity index (χ2v) is 8.47. The summed E-state index contributed by atoms with van der Waals surface area (Å²) in [5.41, 5.74) is 1.02. The molecule has 6 heteroatoms. The lowest BCUT2D eigenvalue weighted by molar-refractivity contribution is -0.122. The third-order valence-corrected chi connectivity index (χ3v) is 6.24. The molecule has 2 aliphatic rings. The number of carbonyl (C=O) groups excluding carboxylic acids is 4. The number of fused-ring (bicyclic) bond motifs is 1. The molecule has 0 unspecified atom stereocenters. The number of ether oxygens (including phenoxy) is 1. The lowest BCUT2D eigenvalue weighted by Crippen LogP contribution is -2.31. The molecule has 31 heavy (non-hydrogen) atoms. The van der Waals surface area contributed by atoms with Crippen LogP contribution < -0.4 is 4.90 Å². The third kappa shape index (κ3) is 4.02. The Hall–Kier alpha value is -3.28. The van der Waals surface area contributed by atoms with Gasteiger partial charge in [-0.15, -0.1) is 0 Å². The van der Waals surface area contributed by atoms with Crippen LogP contribution in [0.2, 0.25) is 0 Å². The van der Waals surface area contributed by atoms with Gasteiger partial charge in [0, 0.05) is 5.56 Å². The Morgan fingerprint density at radius 2 is 1.61 bits per heavy atom. The van der Waals surface area contributed by atoms with Gasteiger partial charge in [0.15, 0.2) is 6.10 Å². The van der Waals surface area contributed by atoms with Crippen LogP contribution in [0.1, 0.15) is 53.8 Å². The summed E-state index contributed by atoms with van der Waals surface area (Å²) in [5, 5.41) is 0. The molecule has 1 aliphatic heterocycles. The predicted molar refractivity (Wildman–Crippen MR) is 115 cm³/mol. The highest BCUT2D eigenvalue weighted by atomic mass is 16.5. The highest BCUT2D eigenvalue weighted by molar-refractivity contribution is 6.22. The molecule has 1 saturated heterocycles. The molecule has 2 aromatic carbocycles. The first-order valence-corrected chi connectivity index (χ1v) is 10.6. The van der Waals surface area contributed by atoms with Crippen LogP contribution in [0.3, 0.4) is 0 Å². The quantitative estimate of drug-likeness (QED) is 0.415. The Morgan fingerprint density at radius 3 is 2.35 bits per heavy atom. The Balaban J connectivity index is 1.50. The number of ketones is 1. The van der Waals surface area contributed by atoms with Gasteiger partial charge < -0.3 is 4.74 Å². The number of amides is 2. The molecule has 2 fully saturated rings. The highest BCUT2D eigenvalue weighted by Crippen LogP contribution is 2.42. The summed E-state index contributed by atoms with van der Waals surface area (Å²) in [5.74, 6) is -1.50. The van der Waals surface area contributed by atoms with E-state index in [-0.39, 0.29) is 35.0 Å². The van der Waals surface area contributed by atoms with E-state index < -0.39 is 12.1 Å². The molecule has 0 radical (unpaired) electrons. The average Bonchev–Trinajstić information content (AvgIpc) is 3.03. The summed E-state index contributed by atoms with van der Waals surface area (Å²) in [6.45, 7) is 3.63. The van der Waals surface area contributed by atoms with Gasteiger partial charge in [-0.05, 0) is 50.3 Å². The molecule has 1 heterocycles. The van der Waals surface area contributed by atoms with Crippen LogP contribution in [0.25, 0.3) is 0 Å². The minimum absolute atomic E-state index is 0.189. The van der Waals surface area contributed by atoms with E-state index in [1.807, 2.05) is 0 Å². The van der Waals surface area contributed by atoms with Crippen molar-refractivity contribution < 1.29 is 23.9 Å². The summed E-state index contributed by atoms with van der Waals surface area (Å²) in [7, 11) is 0. The first kappa shape index (κ1) is 21.0. The molecule has 2 aromatic rings. The number of anilines is 1. The molecule has 160 valence electrons. The lowest BCUT2D eigenvalue weighted by atomic mass is 9.76. The van der Waals surface area contributed by atoms with Gasteiger partial charge in [0.1, 0.15) is 0 Å². The zero-order valence-corrected chi connectivity index (χ0v) is 17.6. The fourth-order valence-corrected chi connectivity index (χ4v) is 4.54. The average molecular weight is 419 g/mol. The summed E-state index contributed by atoms with van der Waals surface area (Å²) in [6.07, 6.45) is 1.41. The molecule has 4 atom stereocenters. The minimum atomic E-state index is -0.960. The smallest absolute Gasteiger partial charge is 0.338 e. The second-order valence-electron chi connectivity index (χ2n) is 8.47. The molecule has 4 rings (SSSR count). The number of Topliss-reactive ketones (excluding diaryl/α,β-unsaturated/α-hetero) is 1. The molecular weight excluding hydrogens is 394 g/mol. The Kier molecular flexibility index (Phi) is 5.72. The van der Waals surface area contributed by atoms with E-state index in [9.17, 15) is 19.2 Å². The van der Waals surface area contributed by atoms with Gasteiger partial charge in [0.2, 0.25) is 17.6 Å². The van der Waals surface area contributed by atoms with Crippen molar-refractivity contribution in [2.45, 2.75) is 39.2 Å². The van der Waals surface area contributed by atoms with Crippen molar-refractivity contribution in [3.05, 3.63) is 65.7 Å². The number of benzene rings is 2.